The predicted molar refractivity (Wildman–Crippen MR) is 111 cm³/mol. The topological polar surface area (TPSA) is 122 Å². The van der Waals surface area contributed by atoms with Crippen molar-refractivity contribution in [2.24, 2.45) is 0 Å². The van der Waals surface area contributed by atoms with E-state index in [0.29, 0.717) is 27.6 Å². The van der Waals surface area contributed by atoms with Gasteiger partial charge in [0, 0.05) is 35.7 Å². The van der Waals surface area contributed by atoms with Crippen LogP contribution in [0.5, 0.6) is 0 Å². The summed E-state index contributed by atoms with van der Waals surface area (Å²) in [5.74, 6) is -0.462. The zero-order chi connectivity index (χ0) is 22.5. The summed E-state index contributed by atoms with van der Waals surface area (Å²) in [6.07, 6.45) is 1.62. The fraction of sp³-hybridized carbons (Fsp3) is 0.211. The number of rotatable bonds is 5. The first-order valence-corrected chi connectivity index (χ1v) is 9.81. The number of hydrazine groups is 1. The number of benzene rings is 1. The highest BCUT2D eigenvalue weighted by atomic mass is 35.5. The smallest absolute Gasteiger partial charge is 0.333 e. The second-order valence-electron chi connectivity index (χ2n) is 6.31. The highest BCUT2D eigenvalue weighted by Gasteiger charge is 2.19. The van der Waals surface area contributed by atoms with Crippen LogP contribution in [0.1, 0.15) is 24.9 Å². The largest absolute Gasteiger partial charge is 0.339 e. The van der Waals surface area contributed by atoms with E-state index in [1.165, 1.54) is 18.3 Å². The Morgan fingerprint density at radius 2 is 1.97 bits per heavy atom. The molecule has 12 heteroatoms. The first-order chi connectivity index (χ1) is 14.8. The minimum absolute atomic E-state index is 0.00852. The number of hydrogen-bond acceptors (Lipinski definition) is 6. The third kappa shape index (κ3) is 5.47. The molecule has 0 aliphatic rings. The first-order valence-electron chi connectivity index (χ1n) is 9.05. The van der Waals surface area contributed by atoms with Crippen LogP contribution in [0.4, 0.5) is 9.18 Å². The number of aryl methyl sites for hydroxylation is 1. The van der Waals surface area contributed by atoms with Gasteiger partial charge in [0.05, 0.1) is 17.3 Å². The van der Waals surface area contributed by atoms with Crippen molar-refractivity contribution in [2.75, 3.05) is 0 Å². The number of pyridine rings is 1. The lowest BCUT2D eigenvalue weighted by Crippen LogP contribution is -2.46. The standard InChI is InChI=1S/C19H17Cl2FN6O3/c1-3-16(29)26-27-19(30)24-8-15-14(22)4-10(7-23-15)12-5-11(20)6-13(21)17(12)18-25-9(2)31-28-18/h4-7H,3,8H2,1-2H3,(H,26,29)(H2,24,27,30). The maximum absolute atomic E-state index is 14.7. The summed E-state index contributed by atoms with van der Waals surface area (Å²) in [6, 6.07) is 3.64. The summed E-state index contributed by atoms with van der Waals surface area (Å²) in [7, 11) is 0. The quantitative estimate of drug-likeness (QED) is 0.491. The van der Waals surface area contributed by atoms with Gasteiger partial charge in [-0.2, -0.15) is 4.98 Å². The van der Waals surface area contributed by atoms with Gasteiger partial charge < -0.3 is 9.84 Å². The number of halogens is 3. The summed E-state index contributed by atoms with van der Waals surface area (Å²) >= 11 is 12.5. The maximum atomic E-state index is 14.7. The van der Waals surface area contributed by atoms with Crippen LogP contribution in [-0.4, -0.2) is 27.1 Å². The van der Waals surface area contributed by atoms with Crippen LogP contribution in [0.2, 0.25) is 10.0 Å². The van der Waals surface area contributed by atoms with E-state index >= 15 is 0 Å². The van der Waals surface area contributed by atoms with E-state index in [-0.39, 0.29) is 35.4 Å². The molecule has 3 amide bonds. The molecule has 0 unspecified atom stereocenters. The van der Waals surface area contributed by atoms with Crippen molar-refractivity contribution < 1.29 is 18.5 Å². The fourth-order valence-electron chi connectivity index (χ4n) is 2.60. The molecule has 3 rings (SSSR count). The molecular weight excluding hydrogens is 450 g/mol. The molecule has 0 aliphatic carbocycles. The highest BCUT2D eigenvalue weighted by molar-refractivity contribution is 6.37. The molecule has 0 saturated heterocycles. The number of nitrogens with zero attached hydrogens (tertiary/aromatic N) is 3. The minimum Gasteiger partial charge on any atom is -0.339 e. The zero-order valence-electron chi connectivity index (χ0n) is 16.4. The van der Waals surface area contributed by atoms with Crippen molar-refractivity contribution in [2.45, 2.75) is 26.8 Å². The van der Waals surface area contributed by atoms with Crippen LogP contribution >= 0.6 is 23.2 Å². The normalized spacial score (nSPS) is 10.6. The molecule has 0 saturated carbocycles. The van der Waals surface area contributed by atoms with E-state index in [9.17, 15) is 14.0 Å². The van der Waals surface area contributed by atoms with Crippen molar-refractivity contribution in [1.29, 1.82) is 0 Å². The summed E-state index contributed by atoms with van der Waals surface area (Å²) in [6.45, 7) is 3.06. The SMILES string of the molecule is CCC(=O)NNC(=O)NCc1ncc(-c2cc(Cl)cc(Cl)c2-c2noc(C)n2)cc1F. The van der Waals surface area contributed by atoms with Gasteiger partial charge in [-0.05, 0) is 23.8 Å². The lowest BCUT2D eigenvalue weighted by atomic mass is 10.00. The van der Waals surface area contributed by atoms with Crippen LogP contribution in [0, 0.1) is 12.7 Å². The Bertz CT molecular complexity index is 1140. The number of amides is 3. The minimum atomic E-state index is -0.705. The van der Waals surface area contributed by atoms with E-state index in [2.05, 4.69) is 31.3 Å². The number of carbonyl (C=O) groups is 2. The molecule has 31 heavy (non-hydrogen) atoms. The summed E-state index contributed by atoms with van der Waals surface area (Å²) in [4.78, 5) is 31.1. The molecule has 3 N–H and O–H groups in total. The Hall–Kier alpha value is -3.24. The molecule has 0 aliphatic heterocycles. The number of urea groups is 1. The van der Waals surface area contributed by atoms with Gasteiger partial charge >= 0.3 is 6.03 Å². The molecule has 2 heterocycles. The van der Waals surface area contributed by atoms with Crippen LogP contribution < -0.4 is 16.2 Å². The van der Waals surface area contributed by atoms with E-state index in [1.54, 1.807) is 19.9 Å². The zero-order valence-corrected chi connectivity index (χ0v) is 17.9. The van der Waals surface area contributed by atoms with Gasteiger partial charge in [0.25, 0.3) is 0 Å². The second-order valence-corrected chi connectivity index (χ2v) is 7.15. The Morgan fingerprint density at radius 1 is 1.19 bits per heavy atom. The van der Waals surface area contributed by atoms with Crippen LogP contribution in [0.25, 0.3) is 22.5 Å². The highest BCUT2D eigenvalue weighted by Crippen LogP contribution is 2.38. The Labute approximate surface area is 186 Å². The van der Waals surface area contributed by atoms with Crippen LogP contribution in [0.3, 0.4) is 0 Å². The van der Waals surface area contributed by atoms with Gasteiger partial charge in [-0.3, -0.25) is 15.2 Å². The van der Waals surface area contributed by atoms with Gasteiger partial charge in [-0.25, -0.2) is 14.6 Å². The lowest BCUT2D eigenvalue weighted by Gasteiger charge is -2.12. The average molecular weight is 467 g/mol. The summed E-state index contributed by atoms with van der Waals surface area (Å²) in [5.41, 5.74) is 5.59. The third-order valence-electron chi connectivity index (χ3n) is 4.09. The van der Waals surface area contributed by atoms with E-state index in [0.717, 1.165) is 0 Å². The summed E-state index contributed by atoms with van der Waals surface area (Å²) in [5, 5.41) is 6.87. The van der Waals surface area contributed by atoms with Crippen molar-refractivity contribution in [1.82, 2.24) is 31.3 Å². The third-order valence-corrected chi connectivity index (χ3v) is 4.60. The number of nitrogens with one attached hydrogen (secondary N) is 3. The summed E-state index contributed by atoms with van der Waals surface area (Å²) < 4.78 is 19.7. The second kappa shape index (κ2) is 9.71. The van der Waals surface area contributed by atoms with Crippen molar-refractivity contribution in [3.63, 3.8) is 0 Å². The van der Waals surface area contributed by atoms with Gasteiger partial charge in [0.15, 0.2) is 0 Å². The van der Waals surface area contributed by atoms with Gasteiger partial charge in [-0.1, -0.05) is 35.3 Å². The lowest BCUT2D eigenvalue weighted by molar-refractivity contribution is -0.121. The maximum Gasteiger partial charge on any atom is 0.333 e. The van der Waals surface area contributed by atoms with Crippen LogP contribution in [0.15, 0.2) is 28.9 Å². The molecule has 0 bridgehead atoms. The van der Waals surface area contributed by atoms with Crippen LogP contribution in [-0.2, 0) is 11.3 Å². The number of aromatic nitrogens is 3. The predicted octanol–water partition coefficient (Wildman–Crippen LogP) is 3.79. The van der Waals surface area contributed by atoms with E-state index in [4.69, 9.17) is 27.7 Å². The fourth-order valence-corrected chi connectivity index (χ4v) is 3.17. The molecule has 162 valence electrons. The Balaban J connectivity index is 1.83. The molecule has 0 spiro atoms. The van der Waals surface area contributed by atoms with E-state index < -0.39 is 11.8 Å². The Kier molecular flexibility index (Phi) is 7.03. The first kappa shape index (κ1) is 22.4. The van der Waals surface area contributed by atoms with Gasteiger partial charge in [0.2, 0.25) is 17.6 Å². The van der Waals surface area contributed by atoms with E-state index in [1.807, 2.05) is 0 Å². The van der Waals surface area contributed by atoms with Crippen molar-refractivity contribution in [3.05, 3.63) is 51.8 Å². The van der Waals surface area contributed by atoms with Gasteiger partial charge in [-0.15, -0.1) is 0 Å². The molecule has 3 aromatic rings. The molecule has 0 radical (unpaired) electrons. The molecular formula is C19H17Cl2FN6O3. The van der Waals surface area contributed by atoms with Crippen molar-refractivity contribution in [3.8, 4) is 22.5 Å². The number of hydrogen-bond donors (Lipinski definition) is 3. The molecule has 2 aromatic heterocycles. The van der Waals surface area contributed by atoms with Gasteiger partial charge in [0.1, 0.15) is 5.82 Å². The monoisotopic (exact) mass is 466 g/mol. The average Bonchev–Trinajstić information content (AvgIpc) is 3.16. The Morgan fingerprint density at radius 3 is 2.61 bits per heavy atom. The molecule has 1 aromatic carbocycles. The van der Waals surface area contributed by atoms with Crippen molar-refractivity contribution >= 4 is 35.1 Å². The molecule has 0 atom stereocenters. The molecule has 9 nitrogen and oxygen atoms in total. The molecule has 0 fully saturated rings. The number of carbonyl (C=O) groups excluding carboxylic acids is 2.